The van der Waals surface area contributed by atoms with Gasteiger partial charge in [-0.15, -0.1) is 0 Å². The lowest BCUT2D eigenvalue weighted by Crippen LogP contribution is -2.15. The number of rotatable bonds is 1. The number of carboxylic acid groups (broad SMARTS) is 1. The van der Waals surface area contributed by atoms with Gasteiger partial charge in [0.15, 0.2) is 0 Å². The minimum Gasteiger partial charge on any atom is -0.507 e. The van der Waals surface area contributed by atoms with E-state index in [4.69, 9.17) is 0 Å². The summed E-state index contributed by atoms with van der Waals surface area (Å²) in [6.07, 6.45) is 0. The van der Waals surface area contributed by atoms with Crippen LogP contribution in [0, 0.1) is 0 Å². The van der Waals surface area contributed by atoms with E-state index in [1.54, 1.807) is 18.2 Å². The lowest BCUT2D eigenvalue weighted by atomic mass is 9.82. The second-order valence-corrected chi connectivity index (χ2v) is 8.59. The number of phenols is 1. The first kappa shape index (κ1) is 16.6. The number of aromatic carboxylic acids is 1. The van der Waals surface area contributed by atoms with Crippen LogP contribution in [0.3, 0.4) is 0 Å². The summed E-state index contributed by atoms with van der Waals surface area (Å²) in [6.45, 7) is 4.19. The summed E-state index contributed by atoms with van der Waals surface area (Å²) in [5.41, 5.74) is 3.91. The van der Waals surface area contributed by atoms with Crippen LogP contribution in [0.5, 0.6) is 5.75 Å². The molecule has 126 valence electrons. The monoisotopic (exact) mass is 460 g/mol. The first-order chi connectivity index (χ1) is 11.7. The van der Waals surface area contributed by atoms with Crippen molar-refractivity contribution in [2.45, 2.75) is 19.3 Å². The van der Waals surface area contributed by atoms with Crippen LogP contribution < -0.4 is 0 Å². The van der Waals surface area contributed by atoms with Gasteiger partial charge in [0.2, 0.25) is 0 Å². The van der Waals surface area contributed by atoms with Crippen molar-refractivity contribution in [3.05, 3.63) is 62.0 Å². The average molecular weight is 462 g/mol. The van der Waals surface area contributed by atoms with Gasteiger partial charge >= 0.3 is 5.97 Å². The minimum atomic E-state index is -0.945. The fourth-order valence-corrected chi connectivity index (χ4v) is 5.24. The van der Waals surface area contributed by atoms with Gasteiger partial charge in [0.1, 0.15) is 5.75 Å². The highest BCUT2D eigenvalue weighted by atomic mass is 79.9. The van der Waals surface area contributed by atoms with Gasteiger partial charge in [-0.2, -0.15) is 0 Å². The Balaban J connectivity index is 2.21. The van der Waals surface area contributed by atoms with Crippen molar-refractivity contribution >= 4 is 48.6 Å². The molecule has 5 heteroatoms. The highest BCUT2D eigenvalue weighted by molar-refractivity contribution is 9.11. The molecule has 0 saturated heterocycles. The van der Waals surface area contributed by atoms with Crippen LogP contribution >= 0.6 is 31.9 Å². The summed E-state index contributed by atoms with van der Waals surface area (Å²) in [4.78, 5) is 11.4. The first-order valence-corrected chi connectivity index (χ1v) is 9.34. The Morgan fingerprint density at radius 3 is 2.44 bits per heavy atom. The van der Waals surface area contributed by atoms with Crippen LogP contribution in [-0.2, 0) is 5.41 Å². The van der Waals surface area contributed by atoms with Crippen LogP contribution in [0.1, 0.15) is 35.3 Å². The Morgan fingerprint density at radius 2 is 1.76 bits per heavy atom. The second-order valence-electron chi connectivity index (χ2n) is 6.82. The molecule has 25 heavy (non-hydrogen) atoms. The second kappa shape index (κ2) is 5.32. The standard InChI is InChI=1S/C20H14Br2O3/c1-20(2)13-4-3-9(19(24)25)5-11(13)17-12-6-10(21)7-15(22)18(12)16(23)8-14(17)20/h3-8,23H,1-2H3,(H,24,25). The SMILES string of the molecule is CC1(C)c2ccc(C(=O)O)cc2-c2c1cc(O)c1c(Br)cc(Br)cc21. The number of fused-ring (bicyclic) bond motifs is 5. The maximum atomic E-state index is 11.4. The number of halogens is 2. The fourth-order valence-electron chi connectivity index (χ4n) is 3.81. The van der Waals surface area contributed by atoms with Crippen molar-refractivity contribution in [1.82, 2.24) is 0 Å². The molecule has 4 rings (SSSR count). The first-order valence-electron chi connectivity index (χ1n) is 7.75. The summed E-state index contributed by atoms with van der Waals surface area (Å²) in [6, 6.07) is 10.9. The molecule has 2 N–H and O–H groups in total. The highest BCUT2D eigenvalue weighted by Gasteiger charge is 2.38. The molecule has 1 aliphatic rings. The molecule has 0 aromatic heterocycles. The number of benzene rings is 3. The molecule has 0 atom stereocenters. The molecule has 0 aliphatic heterocycles. The molecule has 0 heterocycles. The lowest BCUT2D eigenvalue weighted by molar-refractivity contribution is 0.0697. The summed E-state index contributed by atoms with van der Waals surface area (Å²) in [5.74, 6) is -0.730. The Morgan fingerprint density at radius 1 is 1.04 bits per heavy atom. The van der Waals surface area contributed by atoms with Crippen molar-refractivity contribution in [3.63, 3.8) is 0 Å². The maximum absolute atomic E-state index is 11.4. The average Bonchev–Trinajstić information content (AvgIpc) is 2.74. The van der Waals surface area contributed by atoms with E-state index in [-0.39, 0.29) is 16.7 Å². The zero-order valence-electron chi connectivity index (χ0n) is 13.5. The molecule has 0 bridgehead atoms. The topological polar surface area (TPSA) is 57.5 Å². The van der Waals surface area contributed by atoms with Gasteiger partial charge in [0.25, 0.3) is 0 Å². The molecule has 0 radical (unpaired) electrons. The molecule has 0 amide bonds. The van der Waals surface area contributed by atoms with Crippen molar-refractivity contribution in [2.24, 2.45) is 0 Å². The molecule has 0 fully saturated rings. The summed E-state index contributed by atoms with van der Waals surface area (Å²) >= 11 is 7.05. The van der Waals surface area contributed by atoms with Crippen molar-refractivity contribution in [3.8, 4) is 16.9 Å². The van der Waals surface area contributed by atoms with E-state index in [1.165, 1.54) is 0 Å². The van der Waals surface area contributed by atoms with Crippen LogP contribution in [0.4, 0.5) is 0 Å². The molecular weight excluding hydrogens is 448 g/mol. The zero-order chi connectivity index (χ0) is 18.1. The van der Waals surface area contributed by atoms with Crippen LogP contribution in [0.2, 0.25) is 0 Å². The molecule has 3 aromatic carbocycles. The smallest absolute Gasteiger partial charge is 0.335 e. The molecule has 1 aliphatic carbocycles. The molecule has 3 aromatic rings. The molecule has 3 nitrogen and oxygen atoms in total. The quantitative estimate of drug-likeness (QED) is 0.462. The third-order valence-electron chi connectivity index (χ3n) is 5.01. The third kappa shape index (κ3) is 2.26. The van der Waals surface area contributed by atoms with Crippen molar-refractivity contribution < 1.29 is 15.0 Å². The van der Waals surface area contributed by atoms with Crippen LogP contribution in [0.25, 0.3) is 21.9 Å². The predicted octanol–water partition coefficient (Wildman–Crippen LogP) is 6.07. The molecule has 0 unspecified atom stereocenters. The van der Waals surface area contributed by atoms with E-state index in [0.29, 0.717) is 0 Å². The van der Waals surface area contributed by atoms with E-state index in [9.17, 15) is 15.0 Å². The summed E-state index contributed by atoms with van der Waals surface area (Å²) in [5, 5.41) is 21.6. The van der Waals surface area contributed by atoms with Crippen LogP contribution in [-0.4, -0.2) is 16.2 Å². The molecular formula is C20H14Br2O3. The van der Waals surface area contributed by atoms with Crippen molar-refractivity contribution in [2.75, 3.05) is 0 Å². The highest BCUT2D eigenvalue weighted by Crippen LogP contribution is 2.54. The van der Waals surface area contributed by atoms with Gasteiger partial charge in [0.05, 0.1) is 5.56 Å². The number of phenolic OH excluding ortho intramolecular Hbond substituents is 1. The number of aromatic hydroxyl groups is 1. The largest absolute Gasteiger partial charge is 0.507 e. The molecule has 0 spiro atoms. The van der Waals surface area contributed by atoms with E-state index in [0.717, 1.165) is 42.0 Å². The fraction of sp³-hybridized carbons (Fsp3) is 0.150. The zero-order valence-corrected chi connectivity index (χ0v) is 16.7. The van der Waals surface area contributed by atoms with E-state index in [2.05, 4.69) is 45.7 Å². The Kier molecular flexibility index (Phi) is 3.54. The van der Waals surface area contributed by atoms with Crippen molar-refractivity contribution in [1.29, 1.82) is 0 Å². The number of carboxylic acids is 1. The van der Waals surface area contributed by atoms with E-state index in [1.807, 2.05) is 18.2 Å². The number of hydrogen-bond donors (Lipinski definition) is 2. The third-order valence-corrected chi connectivity index (χ3v) is 6.10. The lowest BCUT2D eigenvalue weighted by Gasteiger charge is -2.22. The van der Waals surface area contributed by atoms with E-state index >= 15 is 0 Å². The normalized spacial score (nSPS) is 14.4. The van der Waals surface area contributed by atoms with E-state index < -0.39 is 5.97 Å². The Bertz CT molecular complexity index is 1080. The van der Waals surface area contributed by atoms with Gasteiger partial charge in [-0.1, -0.05) is 35.8 Å². The Labute approximate surface area is 161 Å². The maximum Gasteiger partial charge on any atom is 0.335 e. The predicted molar refractivity (Wildman–Crippen MR) is 106 cm³/mol. The van der Waals surface area contributed by atoms with Gasteiger partial charge in [-0.05, 0) is 73.9 Å². The summed E-state index contributed by atoms with van der Waals surface area (Å²) in [7, 11) is 0. The number of hydrogen-bond acceptors (Lipinski definition) is 2. The van der Waals surface area contributed by atoms with Gasteiger partial charge in [0, 0.05) is 19.7 Å². The molecule has 0 saturated carbocycles. The van der Waals surface area contributed by atoms with Gasteiger partial charge < -0.3 is 10.2 Å². The summed E-state index contributed by atoms with van der Waals surface area (Å²) < 4.78 is 1.68. The van der Waals surface area contributed by atoms with Gasteiger partial charge in [-0.25, -0.2) is 4.79 Å². The number of carbonyl (C=O) groups is 1. The minimum absolute atomic E-state index is 0.215. The Hall–Kier alpha value is -1.85. The van der Waals surface area contributed by atoms with Crippen LogP contribution in [0.15, 0.2) is 45.3 Å². The van der Waals surface area contributed by atoms with Gasteiger partial charge in [-0.3, -0.25) is 0 Å².